The monoisotopic (exact) mass is 480 g/mol. The molecule has 0 saturated carbocycles. The molecule has 5 rings (SSSR count). The van der Waals surface area contributed by atoms with Crippen molar-refractivity contribution < 1.29 is 14.3 Å². The fourth-order valence-corrected chi connectivity index (χ4v) is 4.64. The summed E-state index contributed by atoms with van der Waals surface area (Å²) < 4.78 is 12.3. The van der Waals surface area contributed by atoms with E-state index in [4.69, 9.17) is 26.3 Å². The van der Waals surface area contributed by atoms with E-state index in [1.54, 1.807) is 24.4 Å². The molecule has 3 aromatic carbocycles. The number of benzene rings is 3. The van der Waals surface area contributed by atoms with Crippen LogP contribution in [0.3, 0.4) is 0 Å². The Morgan fingerprint density at radius 2 is 1.91 bits per heavy atom. The Kier molecular flexibility index (Phi) is 6.47. The highest BCUT2D eigenvalue weighted by Gasteiger charge is 2.27. The first kappa shape index (κ1) is 22.6. The summed E-state index contributed by atoms with van der Waals surface area (Å²) in [6.07, 6.45) is 5.38. The molecule has 0 aliphatic heterocycles. The summed E-state index contributed by atoms with van der Waals surface area (Å²) in [4.78, 5) is 15.7. The second-order valence-electron chi connectivity index (χ2n) is 8.31. The zero-order chi connectivity index (χ0) is 24.2. The molecular weight excluding hydrogens is 460 g/mol. The van der Waals surface area contributed by atoms with Gasteiger partial charge in [-0.05, 0) is 47.2 Å². The number of carbonyl (C=O) groups excluding carboxylic acids is 1. The third-order valence-corrected chi connectivity index (χ3v) is 6.37. The van der Waals surface area contributed by atoms with Crippen molar-refractivity contribution in [1.82, 2.24) is 4.98 Å². The van der Waals surface area contributed by atoms with Gasteiger partial charge in [0.05, 0.1) is 16.1 Å². The average Bonchev–Trinajstić information content (AvgIpc) is 3.32. The predicted molar refractivity (Wildman–Crippen MR) is 134 cm³/mol. The lowest BCUT2D eigenvalue weighted by Crippen LogP contribution is -2.05. The number of aldehydes is 1. The number of rotatable bonds is 7. The molecule has 1 aromatic heterocycles. The second-order valence-corrected chi connectivity index (χ2v) is 8.71. The largest absolute Gasteiger partial charge is 0.488 e. The van der Waals surface area contributed by atoms with Crippen molar-refractivity contribution in [3.63, 3.8) is 0 Å². The Hall–Kier alpha value is -4.14. The van der Waals surface area contributed by atoms with Gasteiger partial charge in [0, 0.05) is 24.0 Å². The van der Waals surface area contributed by atoms with Gasteiger partial charge >= 0.3 is 0 Å². The van der Waals surface area contributed by atoms with E-state index >= 15 is 0 Å². The van der Waals surface area contributed by atoms with Crippen LogP contribution in [0.25, 0.3) is 11.1 Å². The van der Waals surface area contributed by atoms with Crippen LogP contribution in [0.4, 0.5) is 0 Å². The molecule has 1 atom stereocenters. The number of aromatic nitrogens is 1. The summed E-state index contributed by atoms with van der Waals surface area (Å²) in [6.45, 7) is 0.150. The fraction of sp³-hybridized carbons (Fsp3) is 0.138. The normalized spacial score (nSPS) is 14.1. The fourth-order valence-electron chi connectivity index (χ4n) is 4.43. The quantitative estimate of drug-likeness (QED) is 0.274. The van der Waals surface area contributed by atoms with Crippen LogP contribution in [0, 0.1) is 11.3 Å². The molecule has 1 aliphatic rings. The minimum atomic E-state index is -0.155. The van der Waals surface area contributed by atoms with E-state index in [1.807, 2.05) is 18.2 Å². The van der Waals surface area contributed by atoms with Gasteiger partial charge in [-0.1, -0.05) is 60.1 Å². The molecule has 6 heteroatoms. The van der Waals surface area contributed by atoms with Crippen LogP contribution in [-0.2, 0) is 13.0 Å². The van der Waals surface area contributed by atoms with Crippen molar-refractivity contribution in [3.8, 4) is 28.7 Å². The Balaban J connectivity index is 1.40. The maximum absolute atomic E-state index is 11.6. The van der Waals surface area contributed by atoms with E-state index in [9.17, 15) is 4.79 Å². The van der Waals surface area contributed by atoms with Crippen molar-refractivity contribution in [2.45, 2.75) is 25.6 Å². The number of fused-ring (bicyclic) bond motifs is 1. The molecule has 0 saturated heterocycles. The predicted octanol–water partition coefficient (Wildman–Crippen LogP) is 6.73. The molecule has 0 N–H and O–H groups in total. The highest BCUT2D eigenvalue weighted by Crippen LogP contribution is 2.42. The van der Waals surface area contributed by atoms with E-state index in [2.05, 4.69) is 41.4 Å². The molecule has 0 fully saturated rings. The van der Waals surface area contributed by atoms with Gasteiger partial charge in [0.1, 0.15) is 30.3 Å². The van der Waals surface area contributed by atoms with Crippen LogP contribution in [0.5, 0.6) is 11.5 Å². The molecule has 5 nitrogen and oxygen atoms in total. The smallest absolute Gasteiger partial charge is 0.153 e. The van der Waals surface area contributed by atoms with Crippen molar-refractivity contribution in [2.24, 2.45) is 0 Å². The summed E-state index contributed by atoms with van der Waals surface area (Å²) in [6, 6.07) is 23.6. The number of pyridine rings is 1. The van der Waals surface area contributed by atoms with Crippen LogP contribution in [0.2, 0.25) is 5.02 Å². The van der Waals surface area contributed by atoms with Crippen molar-refractivity contribution in [3.05, 3.63) is 112 Å². The summed E-state index contributed by atoms with van der Waals surface area (Å²) in [5, 5.41) is 9.42. The first-order valence-corrected chi connectivity index (χ1v) is 11.6. The Morgan fingerprint density at radius 1 is 1.06 bits per heavy atom. The standard InChI is InChI=1S/C29H21ClN2O3/c30-26-12-22(17-33)28(34-18-20-11-19(14-31)15-32-16-20)13-29(26)35-27-10-9-24-23(7-4-8-25(24)27)21-5-2-1-3-6-21/h1-8,11-13,15-17,27H,9-10,18H2. The number of halogens is 1. The minimum Gasteiger partial charge on any atom is -0.488 e. The Labute approximate surface area is 208 Å². The van der Waals surface area contributed by atoms with Crippen LogP contribution in [0.1, 0.15) is 45.1 Å². The van der Waals surface area contributed by atoms with Gasteiger partial charge in [0.15, 0.2) is 6.29 Å². The minimum absolute atomic E-state index is 0.150. The lowest BCUT2D eigenvalue weighted by atomic mass is 9.97. The molecule has 0 amide bonds. The van der Waals surface area contributed by atoms with Crippen molar-refractivity contribution >= 4 is 17.9 Å². The van der Waals surface area contributed by atoms with Crippen LogP contribution in [0.15, 0.2) is 79.1 Å². The SMILES string of the molecule is N#Cc1cncc(COc2cc(OC3CCc4c(-c5ccccc5)cccc43)c(Cl)cc2C=O)c1. The highest BCUT2D eigenvalue weighted by molar-refractivity contribution is 6.32. The summed E-state index contributed by atoms with van der Waals surface area (Å²) in [7, 11) is 0. The third-order valence-electron chi connectivity index (χ3n) is 6.08. The molecule has 0 bridgehead atoms. The molecule has 172 valence electrons. The zero-order valence-electron chi connectivity index (χ0n) is 18.8. The number of hydrogen-bond acceptors (Lipinski definition) is 5. The third kappa shape index (κ3) is 4.75. The van der Waals surface area contributed by atoms with Crippen molar-refractivity contribution in [1.29, 1.82) is 5.26 Å². The molecule has 1 heterocycles. The Morgan fingerprint density at radius 3 is 2.71 bits per heavy atom. The van der Waals surface area contributed by atoms with Crippen LogP contribution in [-0.4, -0.2) is 11.3 Å². The van der Waals surface area contributed by atoms with Gasteiger partial charge in [-0.25, -0.2) is 0 Å². The van der Waals surface area contributed by atoms with Crippen molar-refractivity contribution in [2.75, 3.05) is 0 Å². The number of carbonyl (C=O) groups is 1. The van der Waals surface area contributed by atoms with Gasteiger partial charge in [-0.2, -0.15) is 5.26 Å². The van der Waals surface area contributed by atoms with Gasteiger partial charge in [-0.3, -0.25) is 9.78 Å². The van der Waals surface area contributed by atoms with E-state index < -0.39 is 0 Å². The molecular formula is C29H21ClN2O3. The van der Waals surface area contributed by atoms with E-state index in [0.29, 0.717) is 33.9 Å². The lowest BCUT2D eigenvalue weighted by Gasteiger charge is -2.18. The number of nitrogens with zero attached hydrogens (tertiary/aromatic N) is 2. The molecule has 1 unspecified atom stereocenters. The summed E-state index contributed by atoms with van der Waals surface area (Å²) in [5.41, 5.74) is 6.31. The second kappa shape index (κ2) is 10.0. The molecule has 0 spiro atoms. The number of nitriles is 1. The van der Waals surface area contributed by atoms with Gasteiger partial charge < -0.3 is 9.47 Å². The first-order chi connectivity index (χ1) is 17.2. The average molecular weight is 481 g/mol. The van der Waals surface area contributed by atoms with Crippen LogP contribution < -0.4 is 9.47 Å². The maximum atomic E-state index is 11.6. The molecule has 4 aromatic rings. The summed E-state index contributed by atoms with van der Waals surface area (Å²) >= 11 is 6.48. The molecule has 1 aliphatic carbocycles. The highest BCUT2D eigenvalue weighted by atomic mass is 35.5. The molecule has 0 radical (unpaired) electrons. The number of hydrogen-bond donors (Lipinski definition) is 0. The first-order valence-electron chi connectivity index (χ1n) is 11.3. The van der Waals surface area contributed by atoms with Gasteiger partial charge in [-0.15, -0.1) is 0 Å². The van der Waals surface area contributed by atoms with E-state index in [0.717, 1.165) is 24.0 Å². The van der Waals surface area contributed by atoms with Gasteiger partial charge in [0.25, 0.3) is 0 Å². The zero-order valence-corrected chi connectivity index (χ0v) is 19.5. The lowest BCUT2D eigenvalue weighted by molar-refractivity contribution is 0.111. The topological polar surface area (TPSA) is 72.2 Å². The van der Waals surface area contributed by atoms with E-state index in [-0.39, 0.29) is 12.7 Å². The summed E-state index contributed by atoms with van der Waals surface area (Å²) in [5.74, 6) is 0.817. The van der Waals surface area contributed by atoms with E-state index in [1.165, 1.54) is 22.9 Å². The number of ether oxygens (including phenoxy) is 2. The molecule has 35 heavy (non-hydrogen) atoms. The van der Waals surface area contributed by atoms with Crippen LogP contribution >= 0.6 is 11.6 Å². The van der Waals surface area contributed by atoms with Gasteiger partial charge in [0.2, 0.25) is 0 Å². The maximum Gasteiger partial charge on any atom is 0.153 e. The Bertz CT molecular complexity index is 1430.